The highest BCUT2D eigenvalue weighted by Crippen LogP contribution is 2.65. The number of allylic oxidation sites excluding steroid dienone is 2. The van der Waals surface area contributed by atoms with E-state index in [-0.39, 0.29) is 29.3 Å². The zero-order chi connectivity index (χ0) is 27.5. The van der Waals surface area contributed by atoms with Gasteiger partial charge in [0.05, 0.1) is 23.9 Å². The number of aliphatic hydroxyl groups excluding tert-OH is 1. The Morgan fingerprint density at radius 2 is 2.00 bits per heavy atom. The molecule has 1 spiro atoms. The van der Waals surface area contributed by atoms with Gasteiger partial charge in [0.1, 0.15) is 0 Å². The largest absolute Gasteiger partial charge is 0.393 e. The van der Waals surface area contributed by atoms with Gasteiger partial charge >= 0.3 is 0 Å². The van der Waals surface area contributed by atoms with Gasteiger partial charge in [0.15, 0.2) is 0 Å². The zero-order valence-corrected chi connectivity index (χ0v) is 26.1. The minimum atomic E-state index is -0.219. The summed E-state index contributed by atoms with van der Waals surface area (Å²) in [6.07, 6.45) is 11.8. The van der Waals surface area contributed by atoms with Crippen LogP contribution < -0.4 is 5.73 Å². The van der Waals surface area contributed by atoms with Crippen LogP contribution in [0.3, 0.4) is 0 Å². The van der Waals surface area contributed by atoms with Crippen LogP contribution in [-0.4, -0.2) is 64.4 Å². The molecule has 6 rings (SSSR count). The van der Waals surface area contributed by atoms with Gasteiger partial charge in [-0.15, -0.1) is 0 Å². The van der Waals surface area contributed by atoms with E-state index >= 15 is 0 Å². The number of fused-ring (bicyclic) bond motifs is 6. The Labute approximate surface area is 243 Å². The van der Waals surface area contributed by atoms with E-state index in [2.05, 4.69) is 38.7 Å². The fourth-order valence-electron chi connectivity index (χ4n) is 10.0. The molecule has 7 heteroatoms. The standard InChI is InChI=1S/C32H50N2O3S2/c1-19-15-28-30(34(18-19)29(36)9-13-38-39-14-12-33)21(3)32(37-28)11-8-24-25-6-5-22-16-23(35)7-10-31(22,4)27(25)17-26(24)20(32)2/h5,19,21,23-25,27-28,30,35H,6-18,33H2,1-4H3. The van der Waals surface area contributed by atoms with Crippen LogP contribution in [0.1, 0.15) is 85.5 Å². The number of rotatable bonds is 6. The number of likely N-dealkylation sites (tertiary alicyclic amines) is 1. The first-order valence-electron chi connectivity index (χ1n) is 15.7. The maximum Gasteiger partial charge on any atom is 0.223 e. The van der Waals surface area contributed by atoms with Crippen LogP contribution in [0.25, 0.3) is 0 Å². The molecule has 6 aliphatic rings. The molecular weight excluding hydrogens is 524 g/mol. The first-order chi connectivity index (χ1) is 18.7. The van der Waals surface area contributed by atoms with Crippen molar-refractivity contribution in [3.05, 3.63) is 22.8 Å². The summed E-state index contributed by atoms with van der Waals surface area (Å²) < 4.78 is 7.21. The minimum absolute atomic E-state index is 0.147. The Hall–Kier alpha value is -0.470. The van der Waals surface area contributed by atoms with Crippen LogP contribution in [0.5, 0.6) is 0 Å². The summed E-state index contributed by atoms with van der Waals surface area (Å²) >= 11 is 0. The molecule has 0 aromatic heterocycles. The monoisotopic (exact) mass is 574 g/mol. The Morgan fingerprint density at radius 3 is 2.79 bits per heavy atom. The molecule has 0 bridgehead atoms. The maximum atomic E-state index is 13.6. The minimum Gasteiger partial charge on any atom is -0.393 e. The van der Waals surface area contributed by atoms with Crippen molar-refractivity contribution in [1.29, 1.82) is 0 Å². The first-order valence-corrected chi connectivity index (χ1v) is 18.2. The number of nitrogens with zero attached hydrogens (tertiary/aromatic N) is 1. The molecule has 2 saturated carbocycles. The summed E-state index contributed by atoms with van der Waals surface area (Å²) in [7, 11) is 3.56. The van der Waals surface area contributed by atoms with E-state index in [1.807, 2.05) is 0 Å². The number of carbonyl (C=O) groups excluding carboxylic acids is 1. The molecule has 4 fully saturated rings. The lowest BCUT2D eigenvalue weighted by atomic mass is 9.56. The molecule has 2 heterocycles. The predicted molar refractivity (Wildman–Crippen MR) is 162 cm³/mol. The fraction of sp³-hybridized carbons (Fsp3) is 0.844. The summed E-state index contributed by atoms with van der Waals surface area (Å²) in [4.78, 5) is 15.8. The van der Waals surface area contributed by atoms with Crippen molar-refractivity contribution in [2.24, 2.45) is 40.7 Å². The number of carbonyl (C=O) groups is 1. The molecule has 0 aromatic rings. The van der Waals surface area contributed by atoms with Crippen molar-refractivity contribution >= 4 is 27.5 Å². The Kier molecular flexibility index (Phi) is 8.06. The van der Waals surface area contributed by atoms with Crippen LogP contribution in [0.15, 0.2) is 22.8 Å². The molecule has 39 heavy (non-hydrogen) atoms. The third-order valence-corrected chi connectivity index (χ3v) is 14.4. The number of ether oxygens (including phenoxy) is 1. The van der Waals surface area contributed by atoms with Gasteiger partial charge < -0.3 is 20.5 Å². The topological polar surface area (TPSA) is 75.8 Å². The van der Waals surface area contributed by atoms with Crippen molar-refractivity contribution in [1.82, 2.24) is 4.90 Å². The molecule has 10 atom stereocenters. The van der Waals surface area contributed by atoms with Gasteiger partial charge in [0.25, 0.3) is 0 Å². The molecule has 218 valence electrons. The Balaban J connectivity index is 1.23. The molecule has 4 aliphatic carbocycles. The van der Waals surface area contributed by atoms with Crippen LogP contribution in [0.2, 0.25) is 0 Å². The average Bonchev–Trinajstić information content (AvgIpc) is 3.43. The third-order valence-electron chi connectivity index (χ3n) is 12.0. The van der Waals surface area contributed by atoms with Crippen molar-refractivity contribution < 1.29 is 14.6 Å². The van der Waals surface area contributed by atoms with Crippen molar-refractivity contribution in [3.63, 3.8) is 0 Å². The molecule has 10 unspecified atom stereocenters. The molecule has 0 radical (unpaired) electrons. The van der Waals surface area contributed by atoms with Crippen LogP contribution in [0.4, 0.5) is 0 Å². The molecule has 1 amide bonds. The average molecular weight is 575 g/mol. The number of hydrogen-bond acceptors (Lipinski definition) is 6. The summed E-state index contributed by atoms with van der Waals surface area (Å²) in [6, 6.07) is 0.191. The normalized spacial score (nSPS) is 45.1. The first kappa shape index (κ1) is 28.6. The van der Waals surface area contributed by atoms with E-state index in [9.17, 15) is 9.90 Å². The highest BCUT2D eigenvalue weighted by atomic mass is 33.1. The van der Waals surface area contributed by atoms with E-state index in [4.69, 9.17) is 10.5 Å². The summed E-state index contributed by atoms with van der Waals surface area (Å²) in [5, 5.41) is 10.4. The highest BCUT2D eigenvalue weighted by Gasteiger charge is 2.62. The molecule has 0 aromatic carbocycles. The Morgan fingerprint density at radius 1 is 1.21 bits per heavy atom. The number of hydrogen-bond donors (Lipinski definition) is 2. The lowest BCUT2D eigenvalue weighted by Crippen LogP contribution is -2.54. The fourth-order valence-corrected chi connectivity index (χ4v) is 11.9. The summed E-state index contributed by atoms with van der Waals surface area (Å²) in [5.74, 6) is 5.01. The SMILES string of the molecule is CC1=C2CC3C(CC=C4CC(O)CCC43C)C2CCC12OC1CC(C)CN(C(=O)CCSSCCN)C1C2C. The number of nitrogens with two attached hydrogens (primary N) is 1. The molecule has 2 aliphatic heterocycles. The van der Waals surface area contributed by atoms with Crippen LogP contribution in [0, 0.1) is 35.0 Å². The lowest BCUT2D eigenvalue weighted by molar-refractivity contribution is -0.139. The van der Waals surface area contributed by atoms with Crippen LogP contribution in [-0.2, 0) is 9.53 Å². The van der Waals surface area contributed by atoms with Gasteiger partial charge in [0, 0.05) is 36.9 Å². The number of aliphatic hydroxyl groups is 1. The van der Waals surface area contributed by atoms with Crippen LogP contribution >= 0.6 is 21.6 Å². The van der Waals surface area contributed by atoms with E-state index in [1.54, 1.807) is 27.2 Å². The summed E-state index contributed by atoms with van der Waals surface area (Å²) in [6.45, 7) is 11.1. The van der Waals surface area contributed by atoms with Gasteiger partial charge in [-0.3, -0.25) is 4.79 Å². The number of amides is 1. The molecule has 5 nitrogen and oxygen atoms in total. The molecular formula is C32H50N2O3S2. The van der Waals surface area contributed by atoms with Gasteiger partial charge in [-0.25, -0.2) is 0 Å². The van der Waals surface area contributed by atoms with Crippen molar-refractivity contribution in [3.8, 4) is 0 Å². The smallest absolute Gasteiger partial charge is 0.223 e. The van der Waals surface area contributed by atoms with Gasteiger partial charge in [0.2, 0.25) is 5.91 Å². The third kappa shape index (κ3) is 4.69. The second-order valence-electron chi connectivity index (χ2n) is 13.9. The second kappa shape index (κ2) is 11.0. The summed E-state index contributed by atoms with van der Waals surface area (Å²) in [5.41, 5.74) is 10.4. The lowest BCUT2D eigenvalue weighted by Gasteiger charge is -2.49. The van der Waals surface area contributed by atoms with E-state index < -0.39 is 0 Å². The molecule has 2 saturated heterocycles. The predicted octanol–water partition coefficient (Wildman–Crippen LogP) is 5.97. The maximum absolute atomic E-state index is 13.6. The number of piperidine rings is 1. The highest BCUT2D eigenvalue weighted by molar-refractivity contribution is 8.76. The van der Waals surface area contributed by atoms with Crippen molar-refractivity contribution in [2.45, 2.75) is 109 Å². The van der Waals surface area contributed by atoms with E-state index in [0.717, 1.165) is 56.1 Å². The van der Waals surface area contributed by atoms with Gasteiger partial charge in [-0.05, 0) is 93.0 Å². The van der Waals surface area contributed by atoms with Crippen molar-refractivity contribution in [2.75, 3.05) is 24.6 Å². The van der Waals surface area contributed by atoms with Gasteiger partial charge in [-0.1, -0.05) is 59.6 Å². The molecule has 3 N–H and O–H groups in total. The zero-order valence-electron chi connectivity index (χ0n) is 24.5. The van der Waals surface area contributed by atoms with Gasteiger partial charge in [-0.2, -0.15) is 0 Å². The van der Waals surface area contributed by atoms with E-state index in [1.165, 1.54) is 30.4 Å². The second-order valence-corrected chi connectivity index (χ2v) is 16.6. The van der Waals surface area contributed by atoms with E-state index in [0.29, 0.717) is 42.5 Å². The quantitative estimate of drug-likeness (QED) is 0.231. The Bertz CT molecular complexity index is 1030.